The first-order valence-corrected chi connectivity index (χ1v) is 5.04. The maximum Gasteiger partial charge on any atom is 0.115 e. The molecule has 0 bridgehead atoms. The molecule has 0 aromatic carbocycles. The molecule has 3 N–H and O–H groups in total. The Morgan fingerprint density at radius 2 is 2.07 bits per heavy atom. The number of nitrogens with one attached hydrogen (secondary N) is 1. The van der Waals surface area contributed by atoms with Crippen LogP contribution in [0.1, 0.15) is 31.4 Å². The van der Waals surface area contributed by atoms with Gasteiger partial charge in [0.1, 0.15) is 6.33 Å². The molecule has 0 spiro atoms. The summed E-state index contributed by atoms with van der Waals surface area (Å²) in [6, 6.07) is 0.184. The SMILES string of the molecule is CC(C1CC1)C(NN)c1cncnc1. The van der Waals surface area contributed by atoms with E-state index in [2.05, 4.69) is 22.3 Å². The summed E-state index contributed by atoms with van der Waals surface area (Å²) in [5.74, 6) is 6.94. The molecule has 2 unspecified atom stereocenters. The number of aromatic nitrogens is 2. The maximum atomic E-state index is 5.57. The number of hydrazine groups is 1. The lowest BCUT2D eigenvalue weighted by Gasteiger charge is -2.22. The van der Waals surface area contributed by atoms with E-state index < -0.39 is 0 Å². The lowest BCUT2D eigenvalue weighted by Crippen LogP contribution is -2.33. The summed E-state index contributed by atoms with van der Waals surface area (Å²) in [5.41, 5.74) is 3.94. The zero-order chi connectivity index (χ0) is 9.97. The molecule has 0 amide bonds. The summed E-state index contributed by atoms with van der Waals surface area (Å²) in [6.07, 6.45) is 7.85. The fourth-order valence-corrected chi connectivity index (χ4v) is 1.92. The molecule has 4 nitrogen and oxygen atoms in total. The van der Waals surface area contributed by atoms with Crippen LogP contribution >= 0.6 is 0 Å². The average molecular weight is 192 g/mol. The van der Waals surface area contributed by atoms with Crippen molar-refractivity contribution in [3.8, 4) is 0 Å². The van der Waals surface area contributed by atoms with Crippen LogP contribution in [0.2, 0.25) is 0 Å². The molecule has 0 aliphatic heterocycles. The van der Waals surface area contributed by atoms with Crippen LogP contribution in [-0.2, 0) is 0 Å². The van der Waals surface area contributed by atoms with Crippen LogP contribution in [-0.4, -0.2) is 9.97 Å². The predicted molar refractivity (Wildman–Crippen MR) is 54.0 cm³/mol. The Morgan fingerprint density at radius 1 is 1.43 bits per heavy atom. The molecule has 0 saturated heterocycles. The molecule has 1 aromatic rings. The van der Waals surface area contributed by atoms with E-state index in [4.69, 9.17) is 5.84 Å². The summed E-state index contributed by atoms with van der Waals surface area (Å²) in [6.45, 7) is 2.23. The Labute approximate surface area is 83.9 Å². The minimum absolute atomic E-state index is 0.184. The third kappa shape index (κ3) is 1.91. The van der Waals surface area contributed by atoms with Crippen LogP contribution in [0.25, 0.3) is 0 Å². The monoisotopic (exact) mass is 192 g/mol. The van der Waals surface area contributed by atoms with Gasteiger partial charge in [-0.3, -0.25) is 11.3 Å². The molecule has 2 rings (SSSR count). The highest BCUT2D eigenvalue weighted by Gasteiger charge is 2.33. The van der Waals surface area contributed by atoms with E-state index in [9.17, 15) is 0 Å². The minimum Gasteiger partial charge on any atom is -0.271 e. The van der Waals surface area contributed by atoms with E-state index in [1.54, 1.807) is 6.33 Å². The van der Waals surface area contributed by atoms with Gasteiger partial charge in [0.2, 0.25) is 0 Å². The van der Waals surface area contributed by atoms with Crippen molar-refractivity contribution in [2.45, 2.75) is 25.8 Å². The van der Waals surface area contributed by atoms with Crippen molar-refractivity contribution < 1.29 is 0 Å². The van der Waals surface area contributed by atoms with Crippen molar-refractivity contribution in [2.75, 3.05) is 0 Å². The quantitative estimate of drug-likeness (QED) is 0.552. The average Bonchev–Trinajstić information content (AvgIpc) is 3.03. The van der Waals surface area contributed by atoms with E-state index in [1.165, 1.54) is 12.8 Å². The van der Waals surface area contributed by atoms with E-state index in [-0.39, 0.29) is 6.04 Å². The van der Waals surface area contributed by atoms with Gasteiger partial charge in [-0.2, -0.15) is 0 Å². The Bertz CT molecular complexity index is 283. The number of nitrogens with zero attached hydrogens (tertiary/aromatic N) is 2. The third-order valence-corrected chi connectivity index (χ3v) is 3.01. The topological polar surface area (TPSA) is 63.8 Å². The summed E-state index contributed by atoms with van der Waals surface area (Å²) in [7, 11) is 0. The van der Waals surface area contributed by atoms with Crippen LogP contribution in [0.4, 0.5) is 0 Å². The van der Waals surface area contributed by atoms with E-state index in [0.29, 0.717) is 5.92 Å². The van der Waals surface area contributed by atoms with Crippen LogP contribution in [0.5, 0.6) is 0 Å². The van der Waals surface area contributed by atoms with Crippen LogP contribution in [0, 0.1) is 11.8 Å². The van der Waals surface area contributed by atoms with Crippen molar-refractivity contribution in [3.05, 3.63) is 24.3 Å². The van der Waals surface area contributed by atoms with Crippen molar-refractivity contribution >= 4 is 0 Å². The second kappa shape index (κ2) is 4.02. The fourth-order valence-electron chi connectivity index (χ4n) is 1.92. The highest BCUT2D eigenvalue weighted by Crippen LogP contribution is 2.42. The summed E-state index contributed by atoms with van der Waals surface area (Å²) < 4.78 is 0. The second-order valence-corrected chi connectivity index (χ2v) is 4.01. The van der Waals surface area contributed by atoms with Crippen molar-refractivity contribution in [1.29, 1.82) is 0 Å². The lowest BCUT2D eigenvalue weighted by molar-refractivity contribution is 0.352. The van der Waals surface area contributed by atoms with Crippen LogP contribution < -0.4 is 11.3 Å². The van der Waals surface area contributed by atoms with Gasteiger partial charge in [0.15, 0.2) is 0 Å². The minimum atomic E-state index is 0.184. The van der Waals surface area contributed by atoms with Gasteiger partial charge in [0.25, 0.3) is 0 Å². The van der Waals surface area contributed by atoms with Crippen LogP contribution in [0.15, 0.2) is 18.7 Å². The Kier molecular flexibility index (Phi) is 2.74. The van der Waals surface area contributed by atoms with Gasteiger partial charge in [-0.05, 0) is 24.7 Å². The molecule has 14 heavy (non-hydrogen) atoms. The highest BCUT2D eigenvalue weighted by molar-refractivity contribution is 5.11. The fraction of sp³-hybridized carbons (Fsp3) is 0.600. The number of rotatable bonds is 4. The Morgan fingerprint density at radius 3 is 2.57 bits per heavy atom. The van der Waals surface area contributed by atoms with Crippen LogP contribution in [0.3, 0.4) is 0 Å². The molecular formula is C10H16N4. The standard InChI is InChI=1S/C10H16N4/c1-7(8-2-3-8)10(14-11)9-4-12-6-13-5-9/h4-8,10,14H,2-3,11H2,1H3. The molecule has 1 aliphatic carbocycles. The first-order chi connectivity index (χ1) is 6.83. The molecule has 1 heterocycles. The number of nitrogens with two attached hydrogens (primary N) is 1. The summed E-state index contributed by atoms with van der Waals surface area (Å²) in [5, 5.41) is 0. The van der Waals surface area contributed by atoms with Gasteiger partial charge in [-0.25, -0.2) is 9.97 Å². The predicted octanol–water partition coefficient (Wildman–Crippen LogP) is 1.03. The maximum absolute atomic E-state index is 5.57. The molecule has 1 aromatic heterocycles. The smallest absolute Gasteiger partial charge is 0.115 e. The molecule has 2 atom stereocenters. The molecule has 4 heteroatoms. The lowest BCUT2D eigenvalue weighted by atomic mass is 9.93. The summed E-state index contributed by atoms with van der Waals surface area (Å²) >= 11 is 0. The second-order valence-electron chi connectivity index (χ2n) is 4.01. The van der Waals surface area contributed by atoms with Crippen molar-refractivity contribution in [2.24, 2.45) is 17.7 Å². The number of hydrogen-bond acceptors (Lipinski definition) is 4. The van der Waals surface area contributed by atoms with Crippen molar-refractivity contribution in [1.82, 2.24) is 15.4 Å². The Balaban J connectivity index is 2.12. The van der Waals surface area contributed by atoms with Gasteiger partial charge < -0.3 is 0 Å². The van der Waals surface area contributed by atoms with E-state index >= 15 is 0 Å². The molecule has 1 aliphatic rings. The van der Waals surface area contributed by atoms with Crippen molar-refractivity contribution in [3.63, 3.8) is 0 Å². The normalized spacial score (nSPS) is 20.4. The summed E-state index contributed by atoms with van der Waals surface area (Å²) in [4.78, 5) is 8.02. The largest absolute Gasteiger partial charge is 0.271 e. The van der Waals surface area contributed by atoms with Gasteiger partial charge >= 0.3 is 0 Å². The third-order valence-electron chi connectivity index (χ3n) is 3.01. The Hall–Kier alpha value is -1.00. The first-order valence-electron chi connectivity index (χ1n) is 5.04. The molecule has 1 fully saturated rings. The van der Waals surface area contributed by atoms with Gasteiger partial charge in [-0.15, -0.1) is 0 Å². The molecule has 1 saturated carbocycles. The first kappa shape index (κ1) is 9.55. The van der Waals surface area contributed by atoms with Gasteiger partial charge in [0.05, 0.1) is 6.04 Å². The molecule has 0 radical (unpaired) electrons. The molecular weight excluding hydrogens is 176 g/mol. The highest BCUT2D eigenvalue weighted by atomic mass is 15.2. The van der Waals surface area contributed by atoms with Gasteiger partial charge in [-0.1, -0.05) is 6.92 Å². The van der Waals surface area contributed by atoms with Gasteiger partial charge in [0, 0.05) is 18.0 Å². The number of hydrogen-bond donors (Lipinski definition) is 2. The van der Waals surface area contributed by atoms with E-state index in [1.807, 2.05) is 12.4 Å². The van der Waals surface area contributed by atoms with E-state index in [0.717, 1.165) is 11.5 Å². The zero-order valence-electron chi connectivity index (χ0n) is 8.35. The molecule has 76 valence electrons. The zero-order valence-corrected chi connectivity index (χ0v) is 8.35.